The van der Waals surface area contributed by atoms with Gasteiger partial charge >= 0.3 is 5.97 Å². The van der Waals surface area contributed by atoms with E-state index in [1.165, 1.54) is 0 Å². The van der Waals surface area contributed by atoms with Gasteiger partial charge in [-0.1, -0.05) is 6.07 Å². The van der Waals surface area contributed by atoms with E-state index in [-0.39, 0.29) is 17.8 Å². The Hall–Kier alpha value is -2.39. The largest absolute Gasteiger partial charge is 0.466 e. The molecular formula is C17H22N3O3+. The first-order chi connectivity index (χ1) is 11.1. The third-order valence-electron chi connectivity index (χ3n) is 3.92. The summed E-state index contributed by atoms with van der Waals surface area (Å²) in [6.07, 6.45) is 1.74. The molecule has 1 amide bonds. The molecule has 0 aromatic heterocycles. The van der Waals surface area contributed by atoms with E-state index < -0.39 is 0 Å². The van der Waals surface area contributed by atoms with Gasteiger partial charge in [0.15, 0.2) is 6.54 Å². The van der Waals surface area contributed by atoms with Crippen molar-refractivity contribution in [3.05, 3.63) is 29.8 Å². The molecule has 1 aliphatic rings. The highest BCUT2D eigenvalue weighted by atomic mass is 16.5. The fraction of sp³-hybridized carbons (Fsp3) is 0.471. The highest BCUT2D eigenvalue weighted by molar-refractivity contribution is 5.91. The second-order valence-corrected chi connectivity index (χ2v) is 5.71. The Labute approximate surface area is 136 Å². The van der Waals surface area contributed by atoms with E-state index >= 15 is 0 Å². The summed E-state index contributed by atoms with van der Waals surface area (Å²) in [4.78, 5) is 25.1. The van der Waals surface area contributed by atoms with E-state index in [1.807, 2.05) is 6.07 Å². The van der Waals surface area contributed by atoms with Crippen LogP contribution in [0.4, 0.5) is 5.69 Å². The SMILES string of the molecule is CCOC(=O)[C@@H]1CCC[NH+](CC(=O)Nc2cccc(C#N)c2)C1. The molecule has 1 aromatic carbocycles. The maximum atomic E-state index is 12.2. The van der Waals surface area contributed by atoms with Gasteiger partial charge in [-0.15, -0.1) is 0 Å². The number of carbonyl (C=O) groups excluding carboxylic acids is 2. The Kier molecular flexibility index (Phi) is 6.12. The van der Waals surface area contributed by atoms with Gasteiger partial charge in [-0.3, -0.25) is 9.59 Å². The number of anilines is 1. The maximum absolute atomic E-state index is 12.2. The van der Waals surface area contributed by atoms with Crippen LogP contribution in [0.2, 0.25) is 0 Å². The van der Waals surface area contributed by atoms with Crippen molar-refractivity contribution < 1.29 is 19.2 Å². The zero-order valence-electron chi connectivity index (χ0n) is 13.3. The monoisotopic (exact) mass is 316 g/mol. The molecule has 0 radical (unpaired) electrons. The molecule has 0 bridgehead atoms. The number of likely N-dealkylation sites (tertiary alicyclic amines) is 1. The van der Waals surface area contributed by atoms with Crippen molar-refractivity contribution >= 4 is 17.6 Å². The number of benzene rings is 1. The normalized spacial score (nSPS) is 20.3. The Morgan fingerprint density at radius 1 is 1.48 bits per heavy atom. The van der Waals surface area contributed by atoms with Gasteiger partial charge in [0.1, 0.15) is 5.92 Å². The summed E-state index contributed by atoms with van der Waals surface area (Å²) < 4.78 is 5.07. The number of esters is 1. The molecule has 2 rings (SSSR count). The van der Waals surface area contributed by atoms with E-state index in [0.29, 0.717) is 30.9 Å². The van der Waals surface area contributed by atoms with Crippen molar-refractivity contribution in [2.45, 2.75) is 19.8 Å². The van der Waals surface area contributed by atoms with Crippen LogP contribution in [0.3, 0.4) is 0 Å². The highest BCUT2D eigenvalue weighted by Crippen LogP contribution is 2.10. The van der Waals surface area contributed by atoms with Crippen LogP contribution in [0.5, 0.6) is 0 Å². The van der Waals surface area contributed by atoms with Crippen LogP contribution >= 0.6 is 0 Å². The van der Waals surface area contributed by atoms with Gasteiger partial charge in [-0.2, -0.15) is 5.26 Å². The molecule has 1 aliphatic heterocycles. The van der Waals surface area contributed by atoms with E-state index in [9.17, 15) is 9.59 Å². The lowest BCUT2D eigenvalue weighted by atomic mass is 9.98. The lowest BCUT2D eigenvalue weighted by Crippen LogP contribution is -3.14. The van der Waals surface area contributed by atoms with Gasteiger partial charge in [0.05, 0.1) is 31.3 Å². The van der Waals surface area contributed by atoms with E-state index in [2.05, 4.69) is 5.32 Å². The van der Waals surface area contributed by atoms with Crippen molar-refractivity contribution in [2.75, 3.05) is 31.6 Å². The molecule has 1 unspecified atom stereocenters. The summed E-state index contributed by atoms with van der Waals surface area (Å²) in [5, 5.41) is 11.7. The number of nitrogens with zero attached hydrogens (tertiary/aromatic N) is 1. The predicted molar refractivity (Wildman–Crippen MR) is 84.7 cm³/mol. The molecule has 2 atom stereocenters. The zero-order valence-corrected chi connectivity index (χ0v) is 13.3. The number of nitriles is 1. The van der Waals surface area contributed by atoms with E-state index in [4.69, 9.17) is 10.00 Å². The summed E-state index contributed by atoms with van der Waals surface area (Å²) in [7, 11) is 0. The molecule has 1 aromatic rings. The molecule has 1 saturated heterocycles. The fourth-order valence-corrected chi connectivity index (χ4v) is 2.87. The third-order valence-corrected chi connectivity index (χ3v) is 3.92. The molecule has 6 heteroatoms. The van der Waals surface area contributed by atoms with Crippen molar-refractivity contribution in [2.24, 2.45) is 5.92 Å². The number of piperidine rings is 1. The number of amides is 1. The summed E-state index contributed by atoms with van der Waals surface area (Å²) in [5.74, 6) is -0.389. The molecule has 2 N–H and O–H groups in total. The first kappa shape index (κ1) is 17.0. The van der Waals surface area contributed by atoms with Gasteiger partial charge in [0, 0.05) is 5.69 Å². The van der Waals surface area contributed by atoms with E-state index in [1.54, 1.807) is 31.2 Å². The third kappa shape index (κ3) is 5.08. The van der Waals surface area contributed by atoms with Crippen molar-refractivity contribution in [3.63, 3.8) is 0 Å². The number of rotatable bonds is 5. The molecule has 1 heterocycles. The van der Waals surface area contributed by atoms with Crippen LogP contribution in [0.1, 0.15) is 25.3 Å². The molecule has 1 fully saturated rings. The topological polar surface area (TPSA) is 83.6 Å². The molecule has 0 spiro atoms. The van der Waals surface area contributed by atoms with Gasteiger partial charge in [0.25, 0.3) is 5.91 Å². The Bertz CT molecular complexity index is 609. The Morgan fingerprint density at radius 2 is 2.30 bits per heavy atom. The minimum Gasteiger partial charge on any atom is -0.466 e. The highest BCUT2D eigenvalue weighted by Gasteiger charge is 2.30. The molecule has 0 aliphatic carbocycles. The number of carbonyl (C=O) groups is 2. The second-order valence-electron chi connectivity index (χ2n) is 5.71. The minimum atomic E-state index is -0.160. The van der Waals surface area contributed by atoms with Crippen molar-refractivity contribution in [1.82, 2.24) is 0 Å². The number of hydrogen-bond donors (Lipinski definition) is 2. The average molecular weight is 316 g/mol. The van der Waals surface area contributed by atoms with Crippen LogP contribution in [0.15, 0.2) is 24.3 Å². The van der Waals surface area contributed by atoms with Crippen LogP contribution in [-0.2, 0) is 14.3 Å². The molecule has 23 heavy (non-hydrogen) atoms. The lowest BCUT2D eigenvalue weighted by Gasteiger charge is -2.28. The average Bonchev–Trinajstić information content (AvgIpc) is 2.55. The summed E-state index contributed by atoms with van der Waals surface area (Å²) >= 11 is 0. The first-order valence-electron chi connectivity index (χ1n) is 7.92. The van der Waals surface area contributed by atoms with Gasteiger partial charge < -0.3 is 15.0 Å². The van der Waals surface area contributed by atoms with Crippen LogP contribution < -0.4 is 10.2 Å². The van der Waals surface area contributed by atoms with E-state index in [0.717, 1.165) is 24.3 Å². The molecular weight excluding hydrogens is 294 g/mol. The Balaban J connectivity index is 1.87. The van der Waals surface area contributed by atoms with Crippen LogP contribution in [0, 0.1) is 17.2 Å². The number of nitrogens with one attached hydrogen (secondary N) is 2. The first-order valence-corrected chi connectivity index (χ1v) is 7.92. The minimum absolute atomic E-state index is 0.111. The Morgan fingerprint density at radius 3 is 3.04 bits per heavy atom. The lowest BCUT2D eigenvalue weighted by molar-refractivity contribution is -0.899. The smallest absolute Gasteiger partial charge is 0.314 e. The predicted octanol–water partition coefficient (Wildman–Crippen LogP) is 0.355. The summed E-state index contributed by atoms with van der Waals surface area (Å²) in [6.45, 7) is 4.01. The summed E-state index contributed by atoms with van der Waals surface area (Å²) in [6, 6.07) is 8.87. The van der Waals surface area contributed by atoms with Crippen LogP contribution in [-0.4, -0.2) is 38.1 Å². The van der Waals surface area contributed by atoms with Gasteiger partial charge in [-0.05, 0) is 38.0 Å². The molecule has 122 valence electrons. The number of hydrogen-bond acceptors (Lipinski definition) is 4. The maximum Gasteiger partial charge on any atom is 0.314 e. The van der Waals surface area contributed by atoms with Crippen LogP contribution in [0.25, 0.3) is 0 Å². The summed E-state index contributed by atoms with van der Waals surface area (Å²) in [5.41, 5.74) is 1.13. The van der Waals surface area contributed by atoms with Crippen molar-refractivity contribution in [1.29, 1.82) is 5.26 Å². The zero-order chi connectivity index (χ0) is 16.7. The van der Waals surface area contributed by atoms with Crippen molar-refractivity contribution in [3.8, 4) is 6.07 Å². The quantitative estimate of drug-likeness (QED) is 0.768. The fourth-order valence-electron chi connectivity index (χ4n) is 2.87. The number of quaternary nitrogens is 1. The second kappa shape index (κ2) is 8.30. The standard InChI is InChI=1S/C17H21N3O3/c1-2-23-17(22)14-6-4-8-20(11-14)12-16(21)19-15-7-3-5-13(9-15)10-18/h3,5,7,9,14H,2,4,6,8,11-12H2,1H3,(H,19,21)/p+1/t14-/m1/s1. The van der Waals surface area contributed by atoms with Gasteiger partial charge in [-0.25, -0.2) is 0 Å². The van der Waals surface area contributed by atoms with Gasteiger partial charge in [0.2, 0.25) is 0 Å². The molecule has 0 saturated carbocycles. The molecule has 6 nitrogen and oxygen atoms in total. The number of ether oxygens (including phenoxy) is 1.